The molecular formula is C27H26N2O5. The first-order valence-electron chi connectivity index (χ1n) is 11.0. The van der Waals surface area contributed by atoms with Gasteiger partial charge in [0.1, 0.15) is 18.1 Å². The van der Waals surface area contributed by atoms with Gasteiger partial charge in [-0.15, -0.1) is 0 Å². The number of aliphatic hydroxyl groups is 1. The highest BCUT2D eigenvalue weighted by Gasteiger charge is 2.45. The third-order valence-corrected chi connectivity index (χ3v) is 5.71. The first kappa shape index (κ1) is 23.2. The molecule has 1 aliphatic rings. The Bertz CT molecular complexity index is 1210. The van der Waals surface area contributed by atoms with Crippen LogP contribution in [0.2, 0.25) is 0 Å². The Balaban J connectivity index is 1.62. The molecule has 2 heterocycles. The molecule has 174 valence electrons. The minimum Gasteiger partial charge on any atom is -0.507 e. The monoisotopic (exact) mass is 458 g/mol. The van der Waals surface area contributed by atoms with E-state index >= 15 is 0 Å². The van der Waals surface area contributed by atoms with Gasteiger partial charge in [-0.2, -0.15) is 0 Å². The Morgan fingerprint density at radius 3 is 2.47 bits per heavy atom. The Labute approximate surface area is 198 Å². The quantitative estimate of drug-likeness (QED) is 0.311. The van der Waals surface area contributed by atoms with Gasteiger partial charge in [-0.3, -0.25) is 14.6 Å². The maximum absolute atomic E-state index is 12.9. The van der Waals surface area contributed by atoms with Gasteiger partial charge in [0.2, 0.25) is 0 Å². The van der Waals surface area contributed by atoms with Crippen LogP contribution in [-0.2, 0) is 20.9 Å². The van der Waals surface area contributed by atoms with E-state index in [0.29, 0.717) is 23.5 Å². The smallest absolute Gasteiger partial charge is 0.295 e. The molecule has 7 nitrogen and oxygen atoms in total. The molecule has 1 N–H and O–H groups in total. The predicted octanol–water partition coefficient (Wildman–Crippen LogP) is 4.04. The Morgan fingerprint density at radius 2 is 1.79 bits per heavy atom. The number of hydrogen-bond donors (Lipinski definition) is 1. The van der Waals surface area contributed by atoms with Crippen molar-refractivity contribution in [2.45, 2.75) is 19.6 Å². The van der Waals surface area contributed by atoms with E-state index in [2.05, 4.69) is 11.1 Å². The normalized spacial score (nSPS) is 17.2. The van der Waals surface area contributed by atoms with E-state index in [9.17, 15) is 14.7 Å². The van der Waals surface area contributed by atoms with Gasteiger partial charge in [0, 0.05) is 31.6 Å². The lowest BCUT2D eigenvalue weighted by Crippen LogP contribution is -2.32. The molecule has 0 saturated carbocycles. The summed E-state index contributed by atoms with van der Waals surface area (Å²) in [6, 6.07) is 17.6. The number of aryl methyl sites for hydroxylation is 1. The molecule has 34 heavy (non-hydrogen) atoms. The summed E-state index contributed by atoms with van der Waals surface area (Å²) in [7, 11) is 1.53. The molecule has 0 aliphatic carbocycles. The molecule has 0 bridgehead atoms. The number of benzene rings is 2. The maximum Gasteiger partial charge on any atom is 0.295 e. The second-order valence-corrected chi connectivity index (χ2v) is 8.07. The number of aromatic nitrogens is 1. The number of pyridine rings is 1. The first-order chi connectivity index (χ1) is 16.5. The van der Waals surface area contributed by atoms with Crippen molar-refractivity contribution in [1.29, 1.82) is 0 Å². The molecular weight excluding hydrogens is 432 g/mol. The number of rotatable bonds is 8. The molecule has 2 aromatic carbocycles. The average molecular weight is 459 g/mol. The van der Waals surface area contributed by atoms with Crippen molar-refractivity contribution in [1.82, 2.24) is 9.88 Å². The van der Waals surface area contributed by atoms with E-state index in [0.717, 1.165) is 11.1 Å². The molecule has 0 radical (unpaired) electrons. The van der Waals surface area contributed by atoms with Crippen LogP contribution in [0.1, 0.15) is 28.3 Å². The van der Waals surface area contributed by atoms with Gasteiger partial charge in [0.05, 0.1) is 18.2 Å². The fourth-order valence-corrected chi connectivity index (χ4v) is 4.03. The van der Waals surface area contributed by atoms with Crippen molar-refractivity contribution in [3.05, 3.63) is 101 Å². The summed E-state index contributed by atoms with van der Waals surface area (Å²) in [6.45, 7) is 2.93. The molecule has 0 spiro atoms. The number of carbonyl (C=O) groups excluding carboxylic acids is 2. The van der Waals surface area contributed by atoms with Crippen LogP contribution in [0.4, 0.5) is 0 Å². The maximum atomic E-state index is 12.9. The number of ether oxygens (including phenoxy) is 2. The first-order valence-corrected chi connectivity index (χ1v) is 11.0. The number of aliphatic hydroxyl groups excluding tert-OH is 1. The molecule has 1 saturated heterocycles. The highest BCUT2D eigenvalue weighted by molar-refractivity contribution is 6.46. The number of ketones is 1. The minimum atomic E-state index is -0.727. The Kier molecular flexibility index (Phi) is 7.04. The van der Waals surface area contributed by atoms with Gasteiger partial charge in [-0.25, -0.2) is 0 Å². The van der Waals surface area contributed by atoms with Crippen molar-refractivity contribution in [2.75, 3.05) is 20.3 Å². The average Bonchev–Trinajstić information content (AvgIpc) is 3.11. The fraction of sp³-hybridized carbons (Fsp3) is 0.222. The van der Waals surface area contributed by atoms with Gasteiger partial charge in [-0.05, 0) is 54.4 Å². The van der Waals surface area contributed by atoms with Gasteiger partial charge in [0.25, 0.3) is 11.7 Å². The summed E-state index contributed by atoms with van der Waals surface area (Å²) in [5.74, 6) is -0.997. The SMILES string of the molecule is COCCN1C(=O)C(=O)C(=C(O)c2ccc(OCc3cccc(C)c3)cc2)[C@@H]1c1ccncc1. The zero-order chi connectivity index (χ0) is 24.1. The predicted molar refractivity (Wildman–Crippen MR) is 127 cm³/mol. The number of nitrogens with zero attached hydrogens (tertiary/aromatic N) is 2. The lowest BCUT2D eigenvalue weighted by molar-refractivity contribution is -0.140. The highest BCUT2D eigenvalue weighted by atomic mass is 16.5. The molecule has 0 unspecified atom stereocenters. The van der Waals surface area contributed by atoms with Crippen molar-refractivity contribution < 1.29 is 24.2 Å². The van der Waals surface area contributed by atoms with Crippen molar-refractivity contribution in [2.24, 2.45) is 0 Å². The Morgan fingerprint density at radius 1 is 1.06 bits per heavy atom. The summed E-state index contributed by atoms with van der Waals surface area (Å²) in [5.41, 5.74) is 3.37. The molecule has 1 aromatic heterocycles. The number of Topliss-reactive ketones (excluding diaryl/α,β-unsaturated/α-hetero) is 1. The number of carbonyl (C=O) groups is 2. The van der Waals surface area contributed by atoms with Gasteiger partial charge in [-0.1, -0.05) is 29.8 Å². The van der Waals surface area contributed by atoms with Crippen LogP contribution in [0.3, 0.4) is 0 Å². The van der Waals surface area contributed by atoms with Crippen LogP contribution >= 0.6 is 0 Å². The van der Waals surface area contributed by atoms with E-state index in [-0.39, 0.29) is 24.5 Å². The van der Waals surface area contributed by atoms with Crippen LogP contribution in [0.5, 0.6) is 5.75 Å². The van der Waals surface area contributed by atoms with Crippen LogP contribution in [0.25, 0.3) is 5.76 Å². The second-order valence-electron chi connectivity index (χ2n) is 8.07. The molecule has 1 fully saturated rings. The molecule has 1 aliphatic heterocycles. The van der Waals surface area contributed by atoms with Crippen molar-refractivity contribution in [3.8, 4) is 5.75 Å². The van der Waals surface area contributed by atoms with Crippen molar-refractivity contribution >= 4 is 17.4 Å². The molecule has 7 heteroatoms. The van der Waals surface area contributed by atoms with Crippen LogP contribution in [0, 0.1) is 6.92 Å². The van der Waals surface area contributed by atoms with Gasteiger partial charge >= 0.3 is 0 Å². The molecule has 4 rings (SSSR count). The van der Waals surface area contributed by atoms with Crippen LogP contribution in [-0.4, -0.2) is 46.9 Å². The Hall–Kier alpha value is -3.97. The summed E-state index contributed by atoms with van der Waals surface area (Å²) in [5, 5.41) is 11.1. The van der Waals surface area contributed by atoms with E-state index in [4.69, 9.17) is 9.47 Å². The highest BCUT2D eigenvalue weighted by Crippen LogP contribution is 2.39. The van der Waals surface area contributed by atoms with Crippen molar-refractivity contribution in [3.63, 3.8) is 0 Å². The molecule has 1 amide bonds. The number of methoxy groups -OCH3 is 1. The summed E-state index contributed by atoms with van der Waals surface area (Å²) in [6.07, 6.45) is 3.18. The number of likely N-dealkylation sites (tertiary alicyclic amines) is 1. The third-order valence-electron chi connectivity index (χ3n) is 5.71. The zero-order valence-electron chi connectivity index (χ0n) is 19.1. The van der Waals surface area contributed by atoms with E-state index < -0.39 is 17.7 Å². The standard InChI is InChI=1S/C27H26N2O5/c1-18-4-3-5-19(16-18)17-34-22-8-6-21(7-9-22)25(30)23-24(20-10-12-28-13-11-20)29(14-15-33-2)27(32)26(23)31/h3-13,16,24,30H,14-15,17H2,1-2H3/t24-/m0/s1. The third kappa shape index (κ3) is 4.84. The molecule has 1 atom stereocenters. The summed E-state index contributed by atoms with van der Waals surface area (Å²) >= 11 is 0. The summed E-state index contributed by atoms with van der Waals surface area (Å²) < 4.78 is 11.0. The minimum absolute atomic E-state index is 0.0423. The number of amides is 1. The van der Waals surface area contributed by atoms with Crippen LogP contribution in [0.15, 0.2) is 78.6 Å². The van der Waals surface area contributed by atoms with Crippen LogP contribution < -0.4 is 4.74 Å². The topological polar surface area (TPSA) is 89.0 Å². The van der Waals surface area contributed by atoms with Gasteiger partial charge in [0.15, 0.2) is 0 Å². The number of hydrogen-bond acceptors (Lipinski definition) is 6. The second kappa shape index (κ2) is 10.3. The summed E-state index contributed by atoms with van der Waals surface area (Å²) in [4.78, 5) is 31.2. The van der Waals surface area contributed by atoms with Gasteiger partial charge < -0.3 is 19.5 Å². The largest absolute Gasteiger partial charge is 0.507 e. The van der Waals surface area contributed by atoms with E-state index in [1.807, 2.05) is 25.1 Å². The fourth-order valence-electron chi connectivity index (χ4n) is 4.03. The zero-order valence-corrected chi connectivity index (χ0v) is 19.1. The van der Waals surface area contributed by atoms with E-state index in [1.54, 1.807) is 48.8 Å². The lowest BCUT2D eigenvalue weighted by Gasteiger charge is -2.24. The lowest BCUT2D eigenvalue weighted by atomic mass is 9.96. The van der Waals surface area contributed by atoms with E-state index in [1.165, 1.54) is 12.0 Å². The molecule has 3 aromatic rings.